The van der Waals surface area contributed by atoms with Gasteiger partial charge in [0.2, 0.25) is 5.91 Å². The number of rotatable bonds is 6. The monoisotopic (exact) mass is 319 g/mol. The summed E-state index contributed by atoms with van der Waals surface area (Å²) in [6.45, 7) is 4.48. The van der Waals surface area contributed by atoms with Crippen LogP contribution >= 0.6 is 0 Å². The fraction of sp³-hybridized carbons (Fsp3) is 0.529. The van der Waals surface area contributed by atoms with E-state index in [0.717, 1.165) is 31.7 Å². The summed E-state index contributed by atoms with van der Waals surface area (Å²) in [6.07, 6.45) is 1.86. The first-order valence-electron chi connectivity index (χ1n) is 8.06. The first-order chi connectivity index (χ1) is 11.1. The van der Waals surface area contributed by atoms with Gasteiger partial charge in [-0.25, -0.2) is 4.79 Å². The third kappa shape index (κ3) is 5.25. The van der Waals surface area contributed by atoms with Crippen molar-refractivity contribution in [2.45, 2.75) is 25.7 Å². The molecular weight excluding hydrogens is 294 g/mol. The van der Waals surface area contributed by atoms with Crippen molar-refractivity contribution < 1.29 is 14.3 Å². The van der Waals surface area contributed by atoms with Crippen molar-refractivity contribution in [3.05, 3.63) is 29.8 Å². The topological polar surface area (TPSA) is 70.7 Å². The standard InChI is InChI=1S/C17H25N3O3/c1-3-9-18-17(22)19-16(21)12-20-10-8-14(11-20)13-4-6-15(23-2)7-5-13/h4-7,14H,3,8-12H2,1-2H3,(H2,18,19,21,22)/t14-/m0/s1. The number of imide groups is 1. The normalized spacial score (nSPS) is 17.7. The highest BCUT2D eigenvalue weighted by molar-refractivity contribution is 5.95. The molecule has 0 unspecified atom stereocenters. The summed E-state index contributed by atoms with van der Waals surface area (Å²) >= 11 is 0. The van der Waals surface area contributed by atoms with Gasteiger partial charge in [-0.15, -0.1) is 0 Å². The van der Waals surface area contributed by atoms with E-state index in [1.54, 1.807) is 7.11 Å². The van der Waals surface area contributed by atoms with E-state index >= 15 is 0 Å². The van der Waals surface area contributed by atoms with Crippen molar-refractivity contribution in [1.29, 1.82) is 0 Å². The average molecular weight is 319 g/mol. The lowest BCUT2D eigenvalue weighted by Crippen LogP contribution is -2.44. The molecule has 0 saturated carbocycles. The number of hydrogen-bond donors (Lipinski definition) is 2. The maximum Gasteiger partial charge on any atom is 0.321 e. The smallest absolute Gasteiger partial charge is 0.321 e. The molecule has 1 fully saturated rings. The predicted molar refractivity (Wildman–Crippen MR) is 88.6 cm³/mol. The van der Waals surface area contributed by atoms with Crippen LogP contribution in [0.3, 0.4) is 0 Å². The minimum atomic E-state index is -0.414. The molecule has 126 valence electrons. The van der Waals surface area contributed by atoms with Crippen LogP contribution in [0.5, 0.6) is 5.75 Å². The largest absolute Gasteiger partial charge is 0.497 e. The van der Waals surface area contributed by atoms with Gasteiger partial charge in [-0.3, -0.25) is 15.0 Å². The number of hydrogen-bond acceptors (Lipinski definition) is 4. The summed E-state index contributed by atoms with van der Waals surface area (Å²) in [7, 11) is 1.65. The molecule has 1 heterocycles. The van der Waals surface area contributed by atoms with Gasteiger partial charge in [0.15, 0.2) is 0 Å². The first-order valence-corrected chi connectivity index (χ1v) is 8.06. The Morgan fingerprint density at radius 2 is 2.04 bits per heavy atom. The van der Waals surface area contributed by atoms with E-state index in [-0.39, 0.29) is 12.5 Å². The molecular formula is C17H25N3O3. The summed E-state index contributed by atoms with van der Waals surface area (Å²) in [4.78, 5) is 25.4. The Balaban J connectivity index is 1.78. The average Bonchev–Trinajstić information content (AvgIpc) is 3.01. The molecule has 6 heteroatoms. The van der Waals surface area contributed by atoms with Gasteiger partial charge in [0.25, 0.3) is 0 Å². The molecule has 2 N–H and O–H groups in total. The quantitative estimate of drug-likeness (QED) is 0.837. The predicted octanol–water partition coefficient (Wildman–Crippen LogP) is 1.72. The Labute approximate surface area is 137 Å². The van der Waals surface area contributed by atoms with Gasteiger partial charge in [0.1, 0.15) is 5.75 Å². The van der Waals surface area contributed by atoms with E-state index in [0.29, 0.717) is 12.5 Å². The molecule has 0 spiro atoms. The molecule has 1 saturated heterocycles. The lowest BCUT2D eigenvalue weighted by Gasteiger charge is -2.16. The highest BCUT2D eigenvalue weighted by atomic mass is 16.5. The maximum absolute atomic E-state index is 11.9. The molecule has 0 radical (unpaired) electrons. The third-order valence-electron chi connectivity index (χ3n) is 4.02. The molecule has 1 atom stereocenters. The SMILES string of the molecule is CCCNC(=O)NC(=O)CN1CC[C@H](c2ccc(OC)cc2)C1. The summed E-state index contributed by atoms with van der Waals surface area (Å²) in [5.41, 5.74) is 1.26. The molecule has 0 aliphatic carbocycles. The summed E-state index contributed by atoms with van der Waals surface area (Å²) < 4.78 is 5.17. The van der Waals surface area contributed by atoms with Crippen molar-refractivity contribution in [1.82, 2.24) is 15.5 Å². The molecule has 2 rings (SSSR count). The van der Waals surface area contributed by atoms with E-state index in [4.69, 9.17) is 4.74 Å². The van der Waals surface area contributed by atoms with Gasteiger partial charge in [-0.2, -0.15) is 0 Å². The number of nitrogens with zero attached hydrogens (tertiary/aromatic N) is 1. The second kappa shape index (κ2) is 8.53. The van der Waals surface area contributed by atoms with Gasteiger partial charge in [0, 0.05) is 13.1 Å². The summed E-state index contributed by atoms with van der Waals surface area (Å²) in [5.74, 6) is 1.01. The first kappa shape index (κ1) is 17.3. The molecule has 1 aromatic rings. The zero-order chi connectivity index (χ0) is 16.7. The molecule has 1 aliphatic heterocycles. The van der Waals surface area contributed by atoms with Crippen molar-refractivity contribution in [3.8, 4) is 5.75 Å². The second-order valence-electron chi connectivity index (χ2n) is 5.80. The Morgan fingerprint density at radius 3 is 2.70 bits per heavy atom. The number of methoxy groups -OCH3 is 1. The molecule has 3 amide bonds. The van der Waals surface area contributed by atoms with Crippen LogP contribution in [0.15, 0.2) is 24.3 Å². The van der Waals surface area contributed by atoms with Crippen molar-refractivity contribution in [3.63, 3.8) is 0 Å². The van der Waals surface area contributed by atoms with Gasteiger partial charge < -0.3 is 10.1 Å². The number of benzene rings is 1. The van der Waals surface area contributed by atoms with Crippen LogP contribution in [-0.4, -0.2) is 50.1 Å². The number of carbonyl (C=O) groups excluding carboxylic acids is 2. The lowest BCUT2D eigenvalue weighted by atomic mass is 9.98. The second-order valence-corrected chi connectivity index (χ2v) is 5.80. The van der Waals surface area contributed by atoms with Crippen molar-refractivity contribution >= 4 is 11.9 Å². The van der Waals surface area contributed by atoms with E-state index in [1.165, 1.54) is 5.56 Å². The van der Waals surface area contributed by atoms with Crippen LogP contribution in [0.2, 0.25) is 0 Å². The zero-order valence-electron chi connectivity index (χ0n) is 13.8. The van der Waals surface area contributed by atoms with Crippen LogP contribution < -0.4 is 15.4 Å². The molecule has 0 bridgehead atoms. The summed E-state index contributed by atoms with van der Waals surface area (Å²) in [5, 5.41) is 5.00. The molecule has 1 aromatic carbocycles. The van der Waals surface area contributed by atoms with Crippen LogP contribution in [0, 0.1) is 0 Å². The number of carbonyl (C=O) groups is 2. The van der Waals surface area contributed by atoms with Gasteiger partial charge in [0.05, 0.1) is 13.7 Å². The minimum Gasteiger partial charge on any atom is -0.497 e. The number of likely N-dealkylation sites (tertiary alicyclic amines) is 1. The molecule has 1 aliphatic rings. The number of ether oxygens (including phenoxy) is 1. The summed E-state index contributed by atoms with van der Waals surface area (Å²) in [6, 6.07) is 7.66. The fourth-order valence-electron chi connectivity index (χ4n) is 2.78. The number of nitrogens with one attached hydrogen (secondary N) is 2. The maximum atomic E-state index is 11.9. The van der Waals surface area contributed by atoms with E-state index in [1.807, 2.05) is 19.1 Å². The fourth-order valence-corrected chi connectivity index (χ4v) is 2.78. The third-order valence-corrected chi connectivity index (χ3v) is 4.02. The van der Waals surface area contributed by atoms with E-state index in [9.17, 15) is 9.59 Å². The Hall–Kier alpha value is -2.08. The van der Waals surface area contributed by atoms with Crippen molar-refractivity contribution in [2.75, 3.05) is 33.3 Å². The van der Waals surface area contributed by atoms with Crippen LogP contribution in [0.4, 0.5) is 4.79 Å². The minimum absolute atomic E-state index is 0.256. The zero-order valence-corrected chi connectivity index (χ0v) is 13.8. The Kier molecular flexibility index (Phi) is 6.40. The lowest BCUT2D eigenvalue weighted by molar-refractivity contribution is -0.120. The van der Waals surface area contributed by atoms with E-state index in [2.05, 4.69) is 27.7 Å². The highest BCUT2D eigenvalue weighted by Crippen LogP contribution is 2.28. The Morgan fingerprint density at radius 1 is 1.30 bits per heavy atom. The molecule has 0 aromatic heterocycles. The number of amides is 3. The van der Waals surface area contributed by atoms with Gasteiger partial charge in [-0.1, -0.05) is 19.1 Å². The van der Waals surface area contributed by atoms with Crippen LogP contribution in [0.25, 0.3) is 0 Å². The van der Waals surface area contributed by atoms with Gasteiger partial charge in [-0.05, 0) is 43.0 Å². The molecule has 6 nitrogen and oxygen atoms in total. The van der Waals surface area contributed by atoms with E-state index < -0.39 is 6.03 Å². The van der Waals surface area contributed by atoms with Gasteiger partial charge >= 0.3 is 6.03 Å². The number of urea groups is 1. The highest BCUT2D eigenvalue weighted by Gasteiger charge is 2.25. The van der Waals surface area contributed by atoms with Crippen LogP contribution in [-0.2, 0) is 4.79 Å². The molecule has 23 heavy (non-hydrogen) atoms. The van der Waals surface area contributed by atoms with Crippen LogP contribution in [0.1, 0.15) is 31.2 Å². The Bertz CT molecular complexity index is 530. The van der Waals surface area contributed by atoms with Crippen molar-refractivity contribution in [2.24, 2.45) is 0 Å².